The number of likely N-dealkylation sites (tertiary alicyclic amines) is 1. The Hall–Kier alpha value is -0.610. The van der Waals surface area contributed by atoms with E-state index in [0.717, 1.165) is 25.3 Å². The summed E-state index contributed by atoms with van der Waals surface area (Å²) in [4.78, 5) is 13.6. The van der Waals surface area contributed by atoms with Crippen LogP contribution in [0, 0.1) is 5.92 Å². The fraction of sp³-hybridized carbons (Fsp3) is 0.923. The third-order valence-electron chi connectivity index (χ3n) is 3.86. The Balaban J connectivity index is 2.10. The highest BCUT2D eigenvalue weighted by Gasteiger charge is 2.24. The van der Waals surface area contributed by atoms with Crippen LogP contribution in [0.1, 0.15) is 46.0 Å². The highest BCUT2D eigenvalue weighted by Crippen LogP contribution is 2.17. The molecule has 1 rings (SSSR count). The number of nitrogens with zero attached hydrogens (tertiary/aromatic N) is 1. The second-order valence-electron chi connectivity index (χ2n) is 5.76. The fourth-order valence-electron chi connectivity index (χ4n) is 2.24. The molecule has 1 unspecified atom stereocenters. The molecule has 0 saturated carbocycles. The molecule has 1 atom stereocenters. The van der Waals surface area contributed by atoms with Crippen molar-refractivity contribution in [2.45, 2.75) is 51.5 Å². The molecule has 0 bridgehead atoms. The number of primary amides is 1. The standard InChI is InChI=1S/C13H27N3O/c1-11-5-9-16(10-6-11)8-4-3-7-13(2,15)12(14)17/h11H,3-10,15H2,1-2H3,(H2,14,17). The van der Waals surface area contributed by atoms with Crippen molar-refractivity contribution in [2.24, 2.45) is 17.4 Å². The van der Waals surface area contributed by atoms with E-state index in [1.807, 2.05) is 0 Å². The molecule has 1 saturated heterocycles. The highest BCUT2D eigenvalue weighted by molar-refractivity contribution is 5.83. The predicted octanol–water partition coefficient (Wildman–Crippen LogP) is 1.09. The highest BCUT2D eigenvalue weighted by atomic mass is 16.1. The van der Waals surface area contributed by atoms with Crippen molar-refractivity contribution in [1.29, 1.82) is 0 Å². The fourth-order valence-corrected chi connectivity index (χ4v) is 2.24. The molecule has 0 aromatic heterocycles. The molecule has 4 nitrogen and oxygen atoms in total. The van der Waals surface area contributed by atoms with Crippen molar-refractivity contribution in [3.63, 3.8) is 0 Å². The quantitative estimate of drug-likeness (QED) is 0.684. The number of unbranched alkanes of at least 4 members (excludes halogenated alkanes) is 1. The van der Waals surface area contributed by atoms with Crippen LogP contribution in [0.2, 0.25) is 0 Å². The van der Waals surface area contributed by atoms with Gasteiger partial charge in [0.25, 0.3) is 0 Å². The molecule has 1 heterocycles. The first-order chi connectivity index (χ1) is 7.92. The lowest BCUT2D eigenvalue weighted by molar-refractivity contribution is -0.122. The van der Waals surface area contributed by atoms with Gasteiger partial charge in [0.1, 0.15) is 0 Å². The summed E-state index contributed by atoms with van der Waals surface area (Å²) in [5, 5.41) is 0. The zero-order valence-corrected chi connectivity index (χ0v) is 11.2. The van der Waals surface area contributed by atoms with E-state index in [4.69, 9.17) is 11.5 Å². The van der Waals surface area contributed by atoms with E-state index < -0.39 is 11.4 Å². The Labute approximate surface area is 105 Å². The largest absolute Gasteiger partial charge is 0.368 e. The van der Waals surface area contributed by atoms with Crippen molar-refractivity contribution >= 4 is 5.91 Å². The van der Waals surface area contributed by atoms with Gasteiger partial charge in [0, 0.05) is 0 Å². The van der Waals surface area contributed by atoms with Crippen molar-refractivity contribution in [3.8, 4) is 0 Å². The van der Waals surface area contributed by atoms with Gasteiger partial charge in [-0.1, -0.05) is 6.92 Å². The van der Waals surface area contributed by atoms with Gasteiger partial charge >= 0.3 is 0 Å². The molecule has 1 aliphatic heterocycles. The summed E-state index contributed by atoms with van der Waals surface area (Å²) in [6, 6.07) is 0. The van der Waals surface area contributed by atoms with E-state index in [-0.39, 0.29) is 0 Å². The van der Waals surface area contributed by atoms with Crippen LogP contribution in [0.5, 0.6) is 0 Å². The molecule has 4 N–H and O–H groups in total. The predicted molar refractivity (Wildman–Crippen MR) is 70.5 cm³/mol. The van der Waals surface area contributed by atoms with Crippen LogP contribution in [0.15, 0.2) is 0 Å². The summed E-state index contributed by atoms with van der Waals surface area (Å²) in [6.07, 6.45) is 5.40. The number of hydrogen-bond acceptors (Lipinski definition) is 3. The average Bonchev–Trinajstić information content (AvgIpc) is 2.26. The van der Waals surface area contributed by atoms with Gasteiger partial charge in [-0.25, -0.2) is 0 Å². The maximum Gasteiger partial charge on any atom is 0.237 e. The molecule has 0 spiro atoms. The maximum absolute atomic E-state index is 11.0. The van der Waals surface area contributed by atoms with Gasteiger partial charge < -0.3 is 16.4 Å². The second kappa shape index (κ2) is 6.36. The molecule has 1 fully saturated rings. The number of amides is 1. The van der Waals surface area contributed by atoms with E-state index in [1.54, 1.807) is 6.92 Å². The molecule has 1 aliphatic rings. The van der Waals surface area contributed by atoms with Crippen LogP contribution in [0.4, 0.5) is 0 Å². The zero-order valence-electron chi connectivity index (χ0n) is 11.2. The average molecular weight is 241 g/mol. The number of carbonyl (C=O) groups excluding carboxylic acids is 1. The normalized spacial score (nSPS) is 22.3. The second-order valence-corrected chi connectivity index (χ2v) is 5.76. The van der Waals surface area contributed by atoms with E-state index >= 15 is 0 Å². The Morgan fingerprint density at radius 3 is 2.47 bits per heavy atom. The number of carbonyl (C=O) groups is 1. The third-order valence-corrected chi connectivity index (χ3v) is 3.86. The van der Waals surface area contributed by atoms with E-state index in [2.05, 4.69) is 11.8 Å². The van der Waals surface area contributed by atoms with Crippen molar-refractivity contribution in [1.82, 2.24) is 4.90 Å². The monoisotopic (exact) mass is 241 g/mol. The zero-order chi connectivity index (χ0) is 12.9. The van der Waals surface area contributed by atoms with Crippen LogP contribution in [-0.4, -0.2) is 36.0 Å². The number of piperidine rings is 1. The molecule has 1 amide bonds. The Kier molecular flexibility index (Phi) is 5.40. The van der Waals surface area contributed by atoms with Crippen LogP contribution in [-0.2, 0) is 4.79 Å². The molecule has 0 radical (unpaired) electrons. The lowest BCUT2D eigenvalue weighted by Crippen LogP contribution is -2.49. The van der Waals surface area contributed by atoms with E-state index in [0.29, 0.717) is 6.42 Å². The number of nitrogens with two attached hydrogens (primary N) is 2. The minimum absolute atomic E-state index is 0.399. The number of rotatable bonds is 6. The van der Waals surface area contributed by atoms with Crippen LogP contribution in [0.25, 0.3) is 0 Å². The van der Waals surface area contributed by atoms with Crippen LogP contribution in [0.3, 0.4) is 0 Å². The van der Waals surface area contributed by atoms with Gasteiger partial charge in [-0.2, -0.15) is 0 Å². The smallest absolute Gasteiger partial charge is 0.237 e. The lowest BCUT2D eigenvalue weighted by Gasteiger charge is -2.30. The molecule has 0 aromatic carbocycles. The van der Waals surface area contributed by atoms with Gasteiger partial charge in [0.15, 0.2) is 0 Å². The molecule has 17 heavy (non-hydrogen) atoms. The maximum atomic E-state index is 11.0. The topological polar surface area (TPSA) is 72.3 Å². The molecular weight excluding hydrogens is 214 g/mol. The van der Waals surface area contributed by atoms with Gasteiger partial charge in [-0.15, -0.1) is 0 Å². The van der Waals surface area contributed by atoms with Gasteiger partial charge in [0.05, 0.1) is 5.54 Å². The van der Waals surface area contributed by atoms with Gasteiger partial charge in [-0.3, -0.25) is 4.79 Å². The van der Waals surface area contributed by atoms with Gasteiger partial charge in [-0.05, 0) is 64.6 Å². The molecule has 100 valence electrons. The Morgan fingerprint density at radius 2 is 1.94 bits per heavy atom. The summed E-state index contributed by atoms with van der Waals surface area (Å²) >= 11 is 0. The first kappa shape index (κ1) is 14.5. The van der Waals surface area contributed by atoms with Crippen LogP contribution < -0.4 is 11.5 Å². The van der Waals surface area contributed by atoms with Crippen molar-refractivity contribution < 1.29 is 4.79 Å². The number of hydrogen-bond donors (Lipinski definition) is 2. The summed E-state index contributed by atoms with van der Waals surface area (Å²) in [5.74, 6) is 0.484. The Morgan fingerprint density at radius 1 is 1.35 bits per heavy atom. The molecule has 0 aliphatic carbocycles. The first-order valence-corrected chi connectivity index (χ1v) is 6.73. The minimum Gasteiger partial charge on any atom is -0.368 e. The molecule has 0 aromatic rings. The summed E-state index contributed by atoms with van der Waals surface area (Å²) < 4.78 is 0. The molecular formula is C13H27N3O. The van der Waals surface area contributed by atoms with Crippen LogP contribution >= 0.6 is 0 Å². The molecule has 4 heteroatoms. The first-order valence-electron chi connectivity index (χ1n) is 6.73. The Bertz CT molecular complexity index is 245. The van der Waals surface area contributed by atoms with Crippen molar-refractivity contribution in [3.05, 3.63) is 0 Å². The third kappa shape index (κ3) is 5.04. The van der Waals surface area contributed by atoms with E-state index in [1.165, 1.54) is 25.9 Å². The van der Waals surface area contributed by atoms with E-state index in [9.17, 15) is 4.79 Å². The summed E-state index contributed by atoms with van der Waals surface area (Å²) in [6.45, 7) is 7.61. The summed E-state index contributed by atoms with van der Waals surface area (Å²) in [5.41, 5.74) is 10.2. The SMILES string of the molecule is CC1CCN(CCCCC(C)(N)C(N)=O)CC1. The van der Waals surface area contributed by atoms with Gasteiger partial charge in [0.2, 0.25) is 5.91 Å². The van der Waals surface area contributed by atoms with Crippen molar-refractivity contribution in [2.75, 3.05) is 19.6 Å². The lowest BCUT2D eigenvalue weighted by atomic mass is 9.95. The summed E-state index contributed by atoms with van der Waals surface area (Å²) in [7, 11) is 0. The minimum atomic E-state index is -0.837.